The molecule has 2 rings (SSSR count). The zero-order chi connectivity index (χ0) is 16.8. The summed E-state index contributed by atoms with van der Waals surface area (Å²) >= 11 is 0. The van der Waals surface area contributed by atoms with E-state index in [1.165, 1.54) is 19.2 Å². The molecule has 0 saturated heterocycles. The summed E-state index contributed by atoms with van der Waals surface area (Å²) in [5.41, 5.74) is -0.0755. The first-order valence-electron chi connectivity index (χ1n) is 6.56. The van der Waals surface area contributed by atoms with Crippen LogP contribution in [0.15, 0.2) is 48.0 Å². The van der Waals surface area contributed by atoms with E-state index in [4.69, 9.17) is 10.00 Å². The molecule has 0 bridgehead atoms. The van der Waals surface area contributed by atoms with Gasteiger partial charge in [-0.25, -0.2) is 8.78 Å². The van der Waals surface area contributed by atoms with Gasteiger partial charge in [0.2, 0.25) is 0 Å². The van der Waals surface area contributed by atoms with Gasteiger partial charge >= 0.3 is 0 Å². The van der Waals surface area contributed by atoms with Gasteiger partial charge in [-0.2, -0.15) is 5.26 Å². The van der Waals surface area contributed by atoms with Crippen LogP contribution in [0.25, 0.3) is 6.08 Å². The molecule has 0 spiro atoms. The van der Waals surface area contributed by atoms with Gasteiger partial charge in [-0.05, 0) is 36.4 Å². The van der Waals surface area contributed by atoms with Gasteiger partial charge in [0.15, 0.2) is 11.6 Å². The number of amides is 1. The minimum absolute atomic E-state index is 0.175. The lowest BCUT2D eigenvalue weighted by molar-refractivity contribution is -0.112. The summed E-state index contributed by atoms with van der Waals surface area (Å²) in [4.78, 5) is 12.0. The Labute approximate surface area is 131 Å². The summed E-state index contributed by atoms with van der Waals surface area (Å²) < 4.78 is 31.7. The number of nitriles is 1. The molecule has 0 aliphatic rings. The number of anilines is 1. The minimum atomic E-state index is -1.11. The lowest BCUT2D eigenvalue weighted by atomic mass is 10.1. The highest BCUT2D eigenvalue weighted by Crippen LogP contribution is 2.18. The fourth-order valence-electron chi connectivity index (χ4n) is 1.81. The fourth-order valence-corrected chi connectivity index (χ4v) is 1.81. The molecule has 1 amide bonds. The highest BCUT2D eigenvalue weighted by atomic mass is 19.2. The molecule has 1 N–H and O–H groups in total. The molecule has 0 aliphatic carbocycles. The van der Waals surface area contributed by atoms with Crippen molar-refractivity contribution in [3.05, 3.63) is 65.2 Å². The molecule has 0 saturated carbocycles. The van der Waals surface area contributed by atoms with Crippen LogP contribution < -0.4 is 10.1 Å². The van der Waals surface area contributed by atoms with E-state index in [1.54, 1.807) is 30.3 Å². The Morgan fingerprint density at radius 1 is 1.22 bits per heavy atom. The van der Waals surface area contributed by atoms with E-state index in [1.807, 2.05) is 0 Å². The first-order chi connectivity index (χ1) is 11.0. The zero-order valence-corrected chi connectivity index (χ0v) is 12.1. The van der Waals surface area contributed by atoms with Crippen molar-refractivity contribution >= 4 is 17.7 Å². The van der Waals surface area contributed by atoms with Crippen LogP contribution in [0.2, 0.25) is 0 Å². The Morgan fingerprint density at radius 2 is 1.91 bits per heavy atom. The van der Waals surface area contributed by atoms with Crippen molar-refractivity contribution in [1.82, 2.24) is 0 Å². The number of methoxy groups -OCH3 is 1. The molecule has 23 heavy (non-hydrogen) atoms. The summed E-state index contributed by atoms with van der Waals surface area (Å²) in [6, 6.07) is 11.7. The summed E-state index contributed by atoms with van der Waals surface area (Å²) in [5, 5.41) is 11.6. The van der Waals surface area contributed by atoms with E-state index in [9.17, 15) is 13.6 Å². The minimum Gasteiger partial charge on any atom is -0.497 e. The van der Waals surface area contributed by atoms with Gasteiger partial charge in [-0.15, -0.1) is 0 Å². The molecule has 0 radical (unpaired) electrons. The number of benzene rings is 2. The maximum absolute atomic E-state index is 13.6. The number of carbonyl (C=O) groups excluding carboxylic acids is 1. The number of ether oxygens (including phenoxy) is 1. The van der Waals surface area contributed by atoms with Crippen molar-refractivity contribution in [1.29, 1.82) is 5.26 Å². The van der Waals surface area contributed by atoms with Crippen molar-refractivity contribution in [2.45, 2.75) is 0 Å². The molecule has 4 nitrogen and oxygen atoms in total. The van der Waals surface area contributed by atoms with Crippen LogP contribution in [0.5, 0.6) is 5.75 Å². The highest BCUT2D eigenvalue weighted by molar-refractivity contribution is 6.09. The molecule has 2 aromatic rings. The molecule has 0 aromatic heterocycles. The number of hydrogen-bond acceptors (Lipinski definition) is 3. The van der Waals surface area contributed by atoms with Gasteiger partial charge < -0.3 is 10.1 Å². The maximum atomic E-state index is 13.6. The SMILES string of the molecule is COc1ccc(NC(=O)/C(C#N)=C\c2cccc(F)c2F)cc1. The smallest absolute Gasteiger partial charge is 0.266 e. The van der Waals surface area contributed by atoms with Gasteiger partial charge in [-0.3, -0.25) is 4.79 Å². The quantitative estimate of drug-likeness (QED) is 0.694. The van der Waals surface area contributed by atoms with Gasteiger partial charge in [0.05, 0.1) is 7.11 Å². The summed E-state index contributed by atoms with van der Waals surface area (Å²) in [6.07, 6.45) is 0.997. The zero-order valence-electron chi connectivity index (χ0n) is 12.1. The summed E-state index contributed by atoms with van der Waals surface area (Å²) in [5.74, 6) is -2.27. The Morgan fingerprint density at radius 3 is 2.52 bits per heavy atom. The predicted molar refractivity (Wildman–Crippen MR) is 81.6 cm³/mol. The van der Waals surface area contributed by atoms with Crippen molar-refractivity contribution in [3.63, 3.8) is 0 Å². The third kappa shape index (κ3) is 3.92. The van der Waals surface area contributed by atoms with Crippen molar-refractivity contribution in [2.24, 2.45) is 0 Å². The van der Waals surface area contributed by atoms with Crippen molar-refractivity contribution in [2.75, 3.05) is 12.4 Å². The Kier molecular flexibility index (Phi) is 5.05. The monoisotopic (exact) mass is 314 g/mol. The van der Waals surface area contributed by atoms with Gasteiger partial charge in [0.1, 0.15) is 17.4 Å². The molecule has 0 atom stereocenters. The topological polar surface area (TPSA) is 62.1 Å². The van der Waals surface area contributed by atoms with E-state index >= 15 is 0 Å². The molecule has 0 unspecified atom stereocenters. The number of nitrogens with one attached hydrogen (secondary N) is 1. The lowest BCUT2D eigenvalue weighted by Gasteiger charge is -2.06. The van der Waals surface area contributed by atoms with Gasteiger partial charge in [-0.1, -0.05) is 12.1 Å². The van der Waals surface area contributed by atoms with Crippen LogP contribution in [-0.2, 0) is 4.79 Å². The van der Waals surface area contributed by atoms with Crippen LogP contribution in [0, 0.1) is 23.0 Å². The Hall–Kier alpha value is -3.20. The number of carbonyl (C=O) groups is 1. The average Bonchev–Trinajstić information content (AvgIpc) is 2.56. The standard InChI is InChI=1S/C17H12F2N2O2/c1-23-14-7-5-13(6-8-14)21-17(22)12(10-20)9-11-3-2-4-15(18)16(11)19/h2-9H,1H3,(H,21,22)/b12-9-. The molecule has 2 aromatic carbocycles. The van der Waals surface area contributed by atoms with Crippen molar-refractivity contribution in [3.8, 4) is 11.8 Å². The van der Waals surface area contributed by atoms with Gasteiger partial charge in [0, 0.05) is 11.3 Å². The van der Waals surface area contributed by atoms with Gasteiger partial charge in [0.25, 0.3) is 5.91 Å². The third-order valence-electron chi connectivity index (χ3n) is 2.99. The second kappa shape index (κ2) is 7.18. The van der Waals surface area contributed by atoms with E-state index < -0.39 is 17.5 Å². The number of halogens is 2. The number of rotatable bonds is 4. The second-order valence-corrected chi connectivity index (χ2v) is 4.50. The Balaban J connectivity index is 2.22. The summed E-state index contributed by atoms with van der Waals surface area (Å²) in [7, 11) is 1.51. The van der Waals surface area contributed by atoms with E-state index in [0.29, 0.717) is 11.4 Å². The molecule has 116 valence electrons. The third-order valence-corrected chi connectivity index (χ3v) is 2.99. The number of hydrogen-bond donors (Lipinski definition) is 1. The lowest BCUT2D eigenvalue weighted by Crippen LogP contribution is -2.13. The van der Waals surface area contributed by atoms with Crippen LogP contribution in [0.3, 0.4) is 0 Å². The molecule has 0 fully saturated rings. The Bertz CT molecular complexity index is 793. The van der Waals surface area contributed by atoms with Crippen LogP contribution >= 0.6 is 0 Å². The average molecular weight is 314 g/mol. The first-order valence-corrected chi connectivity index (χ1v) is 6.56. The molecule has 0 aliphatic heterocycles. The largest absolute Gasteiger partial charge is 0.497 e. The summed E-state index contributed by atoms with van der Waals surface area (Å²) in [6.45, 7) is 0. The van der Waals surface area contributed by atoms with E-state index in [2.05, 4.69) is 5.32 Å². The molecular weight excluding hydrogens is 302 g/mol. The first kappa shape index (κ1) is 16.2. The van der Waals surface area contributed by atoms with Crippen LogP contribution in [0.1, 0.15) is 5.56 Å². The van der Waals surface area contributed by atoms with E-state index in [-0.39, 0.29) is 11.1 Å². The second-order valence-electron chi connectivity index (χ2n) is 4.50. The molecule has 6 heteroatoms. The van der Waals surface area contributed by atoms with Crippen molar-refractivity contribution < 1.29 is 18.3 Å². The fraction of sp³-hybridized carbons (Fsp3) is 0.0588. The maximum Gasteiger partial charge on any atom is 0.266 e. The van der Waals surface area contributed by atoms with E-state index in [0.717, 1.165) is 12.1 Å². The normalized spacial score (nSPS) is 10.8. The number of nitrogens with zero attached hydrogens (tertiary/aromatic N) is 1. The van der Waals surface area contributed by atoms with Crippen LogP contribution in [-0.4, -0.2) is 13.0 Å². The predicted octanol–water partition coefficient (Wildman–Crippen LogP) is 3.52. The molecule has 0 heterocycles. The molecular formula is C17H12F2N2O2. The highest BCUT2D eigenvalue weighted by Gasteiger charge is 2.12. The van der Waals surface area contributed by atoms with Crippen LogP contribution in [0.4, 0.5) is 14.5 Å².